The summed E-state index contributed by atoms with van der Waals surface area (Å²) in [6.07, 6.45) is 0.370. The first-order chi connectivity index (χ1) is 9.67. The zero-order valence-corrected chi connectivity index (χ0v) is 11.6. The standard InChI is InChI=1S/C13H13N3O3S/c1-18-10-4-2-9(3-5-10)16-7-8(6-11(16)17)12-14-15-13(20)19-12/h2-5,8H,6-7H2,1H3,(H,15,20)/t8-/m0/s1. The first kappa shape index (κ1) is 12.9. The highest BCUT2D eigenvalue weighted by atomic mass is 32.1. The van der Waals surface area contributed by atoms with Gasteiger partial charge in [-0.05, 0) is 36.5 Å². The van der Waals surface area contributed by atoms with Crippen molar-refractivity contribution in [2.45, 2.75) is 12.3 Å². The van der Waals surface area contributed by atoms with Gasteiger partial charge in [-0.15, -0.1) is 5.10 Å². The Morgan fingerprint density at radius 3 is 2.80 bits per heavy atom. The van der Waals surface area contributed by atoms with Gasteiger partial charge in [-0.1, -0.05) is 0 Å². The van der Waals surface area contributed by atoms with Crippen LogP contribution in [0.15, 0.2) is 28.7 Å². The Balaban J connectivity index is 1.81. The molecule has 2 heterocycles. The van der Waals surface area contributed by atoms with E-state index in [0.717, 1.165) is 11.4 Å². The monoisotopic (exact) mass is 291 g/mol. The lowest BCUT2D eigenvalue weighted by atomic mass is 10.1. The lowest BCUT2D eigenvalue weighted by molar-refractivity contribution is -0.117. The number of H-pyrrole nitrogens is 1. The molecule has 20 heavy (non-hydrogen) atoms. The number of hydrogen-bond donors (Lipinski definition) is 1. The third kappa shape index (κ3) is 2.32. The Hall–Kier alpha value is -2.15. The number of amides is 1. The Morgan fingerprint density at radius 2 is 2.20 bits per heavy atom. The Labute approximate surface area is 120 Å². The van der Waals surface area contributed by atoms with E-state index in [1.807, 2.05) is 24.3 Å². The van der Waals surface area contributed by atoms with Gasteiger partial charge in [0.15, 0.2) is 0 Å². The van der Waals surface area contributed by atoms with Gasteiger partial charge in [0, 0.05) is 18.7 Å². The minimum absolute atomic E-state index is 0.0456. The maximum atomic E-state index is 12.1. The van der Waals surface area contributed by atoms with Gasteiger partial charge < -0.3 is 14.1 Å². The molecule has 104 valence electrons. The quantitative estimate of drug-likeness (QED) is 0.878. The molecule has 0 spiro atoms. The molecule has 0 radical (unpaired) electrons. The van der Waals surface area contributed by atoms with Crippen LogP contribution in [0.4, 0.5) is 5.69 Å². The molecule has 1 saturated heterocycles. The van der Waals surface area contributed by atoms with Gasteiger partial charge in [0.2, 0.25) is 11.8 Å². The maximum Gasteiger partial charge on any atom is 0.284 e. The molecule has 1 aromatic carbocycles. The largest absolute Gasteiger partial charge is 0.497 e. The molecule has 1 N–H and O–H groups in total. The molecular weight excluding hydrogens is 278 g/mol. The second-order valence-corrected chi connectivity index (χ2v) is 4.93. The van der Waals surface area contributed by atoms with E-state index in [1.165, 1.54) is 0 Å². The van der Waals surface area contributed by atoms with Gasteiger partial charge in [0.25, 0.3) is 4.84 Å². The molecule has 1 aliphatic heterocycles. The molecule has 0 unspecified atom stereocenters. The van der Waals surface area contributed by atoms with Gasteiger partial charge in [0.05, 0.1) is 13.0 Å². The molecule has 0 bridgehead atoms. The highest BCUT2D eigenvalue weighted by Crippen LogP contribution is 2.31. The number of nitrogens with one attached hydrogen (secondary N) is 1. The number of benzene rings is 1. The number of aromatic nitrogens is 2. The number of aromatic amines is 1. The first-order valence-corrected chi connectivity index (χ1v) is 6.58. The van der Waals surface area contributed by atoms with Crippen molar-refractivity contribution in [3.8, 4) is 5.75 Å². The van der Waals surface area contributed by atoms with E-state index in [-0.39, 0.29) is 16.7 Å². The smallest absolute Gasteiger partial charge is 0.284 e. The van der Waals surface area contributed by atoms with E-state index in [2.05, 4.69) is 10.2 Å². The fourth-order valence-electron chi connectivity index (χ4n) is 2.30. The molecule has 0 aliphatic carbocycles. The summed E-state index contributed by atoms with van der Waals surface area (Å²) in [7, 11) is 1.61. The molecule has 3 rings (SSSR count). The molecule has 1 fully saturated rings. The second-order valence-electron chi connectivity index (χ2n) is 4.55. The van der Waals surface area contributed by atoms with Crippen molar-refractivity contribution in [3.05, 3.63) is 35.0 Å². The van der Waals surface area contributed by atoms with Crippen molar-refractivity contribution in [2.24, 2.45) is 0 Å². The van der Waals surface area contributed by atoms with E-state index in [9.17, 15) is 4.79 Å². The third-order valence-electron chi connectivity index (χ3n) is 3.31. The van der Waals surface area contributed by atoms with Crippen LogP contribution in [0.1, 0.15) is 18.2 Å². The molecular formula is C13H13N3O3S. The molecule has 2 aromatic rings. The van der Waals surface area contributed by atoms with Gasteiger partial charge in [-0.3, -0.25) is 4.79 Å². The maximum absolute atomic E-state index is 12.1. The summed E-state index contributed by atoms with van der Waals surface area (Å²) in [6, 6.07) is 7.38. The minimum atomic E-state index is -0.0717. The number of nitrogens with zero attached hydrogens (tertiary/aromatic N) is 2. The van der Waals surface area contributed by atoms with E-state index in [0.29, 0.717) is 18.9 Å². The highest BCUT2D eigenvalue weighted by molar-refractivity contribution is 7.71. The Kier molecular flexibility index (Phi) is 3.27. The van der Waals surface area contributed by atoms with E-state index in [1.54, 1.807) is 12.0 Å². The van der Waals surface area contributed by atoms with E-state index in [4.69, 9.17) is 21.4 Å². The number of rotatable bonds is 3. The summed E-state index contributed by atoms with van der Waals surface area (Å²) in [5.74, 6) is 1.22. The molecule has 1 aliphatic rings. The summed E-state index contributed by atoms with van der Waals surface area (Å²) in [5, 5.41) is 6.57. The molecule has 1 amide bonds. The second kappa shape index (κ2) is 5.09. The SMILES string of the molecule is COc1ccc(N2C[C@@H](c3n[nH]c(=S)o3)CC2=O)cc1. The zero-order valence-electron chi connectivity index (χ0n) is 10.8. The van der Waals surface area contributed by atoms with E-state index >= 15 is 0 Å². The number of methoxy groups -OCH3 is 1. The zero-order chi connectivity index (χ0) is 14.1. The minimum Gasteiger partial charge on any atom is -0.497 e. The van der Waals surface area contributed by atoms with Crippen LogP contribution in [0.25, 0.3) is 0 Å². The van der Waals surface area contributed by atoms with Crippen LogP contribution in [0.5, 0.6) is 5.75 Å². The van der Waals surface area contributed by atoms with Crippen LogP contribution in [-0.4, -0.2) is 29.8 Å². The summed E-state index contributed by atoms with van der Waals surface area (Å²) in [6.45, 7) is 0.536. The normalized spacial score (nSPS) is 18.6. The highest BCUT2D eigenvalue weighted by Gasteiger charge is 2.34. The van der Waals surface area contributed by atoms with Gasteiger partial charge in [0.1, 0.15) is 5.75 Å². The number of carbonyl (C=O) groups excluding carboxylic acids is 1. The molecule has 6 nitrogen and oxygen atoms in total. The number of hydrogen-bond acceptors (Lipinski definition) is 5. The lowest BCUT2D eigenvalue weighted by Gasteiger charge is -2.16. The molecule has 0 saturated carbocycles. The Bertz CT molecular complexity index is 677. The van der Waals surface area contributed by atoms with Gasteiger partial charge in [-0.2, -0.15) is 0 Å². The van der Waals surface area contributed by atoms with Crippen LogP contribution in [0.2, 0.25) is 0 Å². The number of anilines is 1. The molecule has 1 atom stereocenters. The van der Waals surface area contributed by atoms with Crippen LogP contribution in [0, 0.1) is 4.84 Å². The van der Waals surface area contributed by atoms with Crippen molar-refractivity contribution < 1.29 is 13.9 Å². The average molecular weight is 291 g/mol. The first-order valence-electron chi connectivity index (χ1n) is 6.17. The van der Waals surface area contributed by atoms with Gasteiger partial charge >= 0.3 is 0 Å². The fraction of sp³-hybridized carbons (Fsp3) is 0.308. The van der Waals surface area contributed by atoms with Crippen LogP contribution in [-0.2, 0) is 4.79 Å². The average Bonchev–Trinajstić information content (AvgIpc) is 3.05. The van der Waals surface area contributed by atoms with Crippen LogP contribution >= 0.6 is 12.2 Å². The predicted octanol–water partition coefficient (Wildman–Crippen LogP) is 2.26. The van der Waals surface area contributed by atoms with Crippen molar-refractivity contribution in [3.63, 3.8) is 0 Å². The van der Waals surface area contributed by atoms with Crippen molar-refractivity contribution in [1.29, 1.82) is 0 Å². The molecule has 7 heteroatoms. The molecule has 1 aromatic heterocycles. The van der Waals surface area contributed by atoms with Crippen molar-refractivity contribution >= 4 is 23.8 Å². The summed E-state index contributed by atoms with van der Waals surface area (Å²) in [5.41, 5.74) is 0.840. The summed E-state index contributed by atoms with van der Waals surface area (Å²) >= 11 is 4.85. The summed E-state index contributed by atoms with van der Waals surface area (Å²) in [4.78, 5) is 14.1. The van der Waals surface area contributed by atoms with Crippen LogP contribution in [0.3, 0.4) is 0 Å². The van der Waals surface area contributed by atoms with Gasteiger partial charge in [-0.25, -0.2) is 5.10 Å². The Morgan fingerprint density at radius 1 is 1.45 bits per heavy atom. The van der Waals surface area contributed by atoms with Crippen LogP contribution < -0.4 is 9.64 Å². The van der Waals surface area contributed by atoms with E-state index < -0.39 is 0 Å². The lowest BCUT2D eigenvalue weighted by Crippen LogP contribution is -2.24. The summed E-state index contributed by atoms with van der Waals surface area (Å²) < 4.78 is 10.4. The van der Waals surface area contributed by atoms with Crippen molar-refractivity contribution in [1.82, 2.24) is 10.2 Å². The fourth-order valence-corrected chi connectivity index (χ4v) is 2.43. The number of ether oxygens (including phenoxy) is 1. The number of carbonyl (C=O) groups is 1. The predicted molar refractivity (Wildman–Crippen MR) is 74.4 cm³/mol. The third-order valence-corrected chi connectivity index (χ3v) is 3.49. The van der Waals surface area contributed by atoms with Crippen molar-refractivity contribution in [2.75, 3.05) is 18.6 Å². The topological polar surface area (TPSA) is 71.4 Å².